The Hall–Kier alpha value is -1.42. The number of ether oxygens (including phenoxy) is 1. The molecule has 0 radical (unpaired) electrons. The highest BCUT2D eigenvalue weighted by atomic mass is 16.5. The van der Waals surface area contributed by atoms with Crippen LogP contribution in [0.15, 0.2) is 18.3 Å². The summed E-state index contributed by atoms with van der Waals surface area (Å²) in [5, 5.41) is 3.31. The zero-order valence-corrected chi connectivity index (χ0v) is 9.82. The van der Waals surface area contributed by atoms with Crippen molar-refractivity contribution in [2.75, 3.05) is 13.7 Å². The maximum Gasteiger partial charge on any atom is 0.356 e. The van der Waals surface area contributed by atoms with E-state index in [-0.39, 0.29) is 0 Å². The molecule has 1 aromatic rings. The molecule has 0 aromatic carbocycles. The third kappa shape index (κ3) is 3.98. The van der Waals surface area contributed by atoms with E-state index in [0.717, 1.165) is 18.7 Å². The minimum Gasteiger partial charge on any atom is -0.464 e. The van der Waals surface area contributed by atoms with Gasteiger partial charge in [-0.3, -0.25) is 0 Å². The molecule has 0 saturated carbocycles. The Labute approximate surface area is 96.0 Å². The summed E-state index contributed by atoms with van der Waals surface area (Å²) in [5.41, 5.74) is 1.42. The van der Waals surface area contributed by atoms with Crippen LogP contribution >= 0.6 is 0 Å². The maximum absolute atomic E-state index is 11.1. The fourth-order valence-electron chi connectivity index (χ4n) is 1.29. The first-order valence-electron chi connectivity index (χ1n) is 5.52. The molecule has 0 atom stereocenters. The Morgan fingerprint density at radius 1 is 1.50 bits per heavy atom. The minimum atomic E-state index is -0.398. The molecule has 0 fully saturated rings. The van der Waals surface area contributed by atoms with Gasteiger partial charge in [-0.1, -0.05) is 19.4 Å². The van der Waals surface area contributed by atoms with Gasteiger partial charge in [-0.2, -0.15) is 0 Å². The number of esters is 1. The number of carbonyl (C=O) groups excluding carboxylic acids is 1. The van der Waals surface area contributed by atoms with Gasteiger partial charge < -0.3 is 10.1 Å². The molecule has 0 spiro atoms. The quantitative estimate of drug-likeness (QED) is 0.588. The van der Waals surface area contributed by atoms with Crippen LogP contribution in [-0.2, 0) is 11.3 Å². The number of nitrogens with zero attached hydrogens (tertiary/aromatic N) is 1. The number of carbonyl (C=O) groups is 1. The second-order valence-corrected chi connectivity index (χ2v) is 3.57. The van der Waals surface area contributed by atoms with Crippen LogP contribution in [-0.4, -0.2) is 24.6 Å². The van der Waals surface area contributed by atoms with E-state index >= 15 is 0 Å². The van der Waals surface area contributed by atoms with Crippen molar-refractivity contribution in [1.82, 2.24) is 10.3 Å². The molecule has 88 valence electrons. The van der Waals surface area contributed by atoms with Crippen LogP contribution in [0.3, 0.4) is 0 Å². The van der Waals surface area contributed by atoms with Crippen LogP contribution < -0.4 is 5.32 Å². The van der Waals surface area contributed by atoms with Crippen molar-refractivity contribution in [3.8, 4) is 0 Å². The Bertz CT molecular complexity index is 322. The van der Waals surface area contributed by atoms with Gasteiger partial charge in [0.1, 0.15) is 5.69 Å². The van der Waals surface area contributed by atoms with Crippen molar-refractivity contribution in [2.45, 2.75) is 26.3 Å². The molecular weight excluding hydrogens is 204 g/mol. The van der Waals surface area contributed by atoms with E-state index in [2.05, 4.69) is 22.0 Å². The highest BCUT2D eigenvalue weighted by Crippen LogP contribution is 2.01. The number of unbranched alkanes of at least 4 members (excludes halogenated alkanes) is 1. The second-order valence-electron chi connectivity index (χ2n) is 3.57. The summed E-state index contributed by atoms with van der Waals surface area (Å²) in [6.45, 7) is 3.96. The smallest absolute Gasteiger partial charge is 0.356 e. The number of aromatic nitrogens is 1. The van der Waals surface area contributed by atoms with Gasteiger partial charge in [0.25, 0.3) is 0 Å². The van der Waals surface area contributed by atoms with Gasteiger partial charge in [-0.25, -0.2) is 9.78 Å². The summed E-state index contributed by atoms with van der Waals surface area (Å²) in [4.78, 5) is 15.2. The number of methoxy groups -OCH3 is 1. The average Bonchev–Trinajstić information content (AvgIpc) is 2.34. The molecule has 0 bridgehead atoms. The molecule has 0 saturated heterocycles. The summed E-state index contributed by atoms with van der Waals surface area (Å²) < 4.78 is 4.57. The molecule has 0 amide bonds. The van der Waals surface area contributed by atoms with Crippen LogP contribution in [0.2, 0.25) is 0 Å². The van der Waals surface area contributed by atoms with Crippen molar-refractivity contribution in [1.29, 1.82) is 0 Å². The maximum atomic E-state index is 11.1. The first-order chi connectivity index (χ1) is 7.77. The van der Waals surface area contributed by atoms with E-state index < -0.39 is 5.97 Å². The molecule has 1 N–H and O–H groups in total. The topological polar surface area (TPSA) is 51.2 Å². The second kappa shape index (κ2) is 6.95. The van der Waals surface area contributed by atoms with Crippen molar-refractivity contribution >= 4 is 5.97 Å². The van der Waals surface area contributed by atoms with Crippen LogP contribution in [0, 0.1) is 0 Å². The van der Waals surface area contributed by atoms with Gasteiger partial charge in [0.15, 0.2) is 0 Å². The highest BCUT2D eigenvalue weighted by molar-refractivity contribution is 5.86. The number of pyridine rings is 1. The standard InChI is InChI=1S/C12H18N2O2/c1-3-4-7-13-8-10-5-6-11(14-9-10)12(15)16-2/h5-6,9,13H,3-4,7-8H2,1-2H3. The molecule has 1 heterocycles. The first-order valence-corrected chi connectivity index (χ1v) is 5.52. The number of hydrogen-bond donors (Lipinski definition) is 1. The van der Waals surface area contributed by atoms with Crippen LogP contribution in [0.25, 0.3) is 0 Å². The molecule has 1 rings (SSSR count). The predicted octanol–water partition coefficient (Wildman–Crippen LogP) is 1.76. The molecule has 4 nitrogen and oxygen atoms in total. The number of hydrogen-bond acceptors (Lipinski definition) is 4. The lowest BCUT2D eigenvalue weighted by Crippen LogP contribution is -2.15. The monoisotopic (exact) mass is 222 g/mol. The van der Waals surface area contributed by atoms with Gasteiger partial charge in [-0.05, 0) is 24.6 Å². The van der Waals surface area contributed by atoms with E-state index in [1.165, 1.54) is 20.0 Å². The molecule has 16 heavy (non-hydrogen) atoms. The van der Waals surface area contributed by atoms with Crippen molar-refractivity contribution in [3.05, 3.63) is 29.6 Å². The lowest BCUT2D eigenvalue weighted by atomic mass is 10.2. The summed E-state index contributed by atoms with van der Waals surface area (Å²) in [6.07, 6.45) is 4.06. The van der Waals surface area contributed by atoms with Crippen LogP contribution in [0.4, 0.5) is 0 Å². The van der Waals surface area contributed by atoms with Crippen molar-refractivity contribution in [3.63, 3.8) is 0 Å². The SMILES string of the molecule is CCCCNCc1ccc(C(=O)OC)nc1. The fourth-order valence-corrected chi connectivity index (χ4v) is 1.29. The Morgan fingerprint density at radius 3 is 2.88 bits per heavy atom. The van der Waals surface area contributed by atoms with E-state index in [0.29, 0.717) is 5.69 Å². The molecule has 0 aliphatic heterocycles. The normalized spacial score (nSPS) is 10.1. The summed E-state index contributed by atoms with van der Waals surface area (Å²) in [7, 11) is 1.35. The Morgan fingerprint density at radius 2 is 2.31 bits per heavy atom. The molecule has 4 heteroatoms. The van der Waals surface area contributed by atoms with Gasteiger partial charge in [0.05, 0.1) is 7.11 Å². The van der Waals surface area contributed by atoms with E-state index in [4.69, 9.17) is 0 Å². The van der Waals surface area contributed by atoms with E-state index in [1.807, 2.05) is 6.07 Å². The van der Waals surface area contributed by atoms with Gasteiger partial charge >= 0.3 is 5.97 Å². The first kappa shape index (κ1) is 12.6. The molecule has 0 unspecified atom stereocenters. The zero-order valence-electron chi connectivity index (χ0n) is 9.82. The third-order valence-electron chi connectivity index (χ3n) is 2.26. The van der Waals surface area contributed by atoms with E-state index in [1.54, 1.807) is 12.3 Å². The largest absolute Gasteiger partial charge is 0.464 e. The average molecular weight is 222 g/mol. The van der Waals surface area contributed by atoms with Crippen molar-refractivity contribution in [2.24, 2.45) is 0 Å². The van der Waals surface area contributed by atoms with Crippen LogP contribution in [0.1, 0.15) is 35.8 Å². The summed E-state index contributed by atoms with van der Waals surface area (Å²) in [5.74, 6) is -0.398. The van der Waals surface area contributed by atoms with Gasteiger partial charge in [-0.15, -0.1) is 0 Å². The molecule has 0 aliphatic rings. The Kier molecular flexibility index (Phi) is 5.50. The van der Waals surface area contributed by atoms with Gasteiger partial charge in [0, 0.05) is 12.7 Å². The van der Waals surface area contributed by atoms with Crippen molar-refractivity contribution < 1.29 is 9.53 Å². The molecule has 0 aliphatic carbocycles. The lowest BCUT2D eigenvalue weighted by Gasteiger charge is -2.04. The highest BCUT2D eigenvalue weighted by Gasteiger charge is 2.05. The Balaban J connectivity index is 2.42. The number of nitrogens with one attached hydrogen (secondary N) is 1. The van der Waals surface area contributed by atoms with E-state index in [9.17, 15) is 4.79 Å². The molecular formula is C12H18N2O2. The summed E-state index contributed by atoms with van der Waals surface area (Å²) in [6, 6.07) is 3.57. The lowest BCUT2D eigenvalue weighted by molar-refractivity contribution is 0.0594. The van der Waals surface area contributed by atoms with Gasteiger partial charge in [0.2, 0.25) is 0 Å². The summed E-state index contributed by atoms with van der Waals surface area (Å²) >= 11 is 0. The zero-order chi connectivity index (χ0) is 11.8. The number of rotatable bonds is 6. The minimum absolute atomic E-state index is 0.347. The predicted molar refractivity (Wildman–Crippen MR) is 62.2 cm³/mol. The third-order valence-corrected chi connectivity index (χ3v) is 2.26. The van der Waals surface area contributed by atoms with Crippen LogP contribution in [0.5, 0.6) is 0 Å². The molecule has 1 aromatic heterocycles. The fraction of sp³-hybridized carbons (Fsp3) is 0.500.